The van der Waals surface area contributed by atoms with Gasteiger partial charge in [0.2, 0.25) is 11.1 Å². The third-order valence-corrected chi connectivity index (χ3v) is 5.36. The van der Waals surface area contributed by atoms with Crippen LogP contribution in [0.3, 0.4) is 0 Å². The van der Waals surface area contributed by atoms with Crippen molar-refractivity contribution in [3.8, 4) is 17.1 Å². The number of ether oxygens (including phenoxy) is 1. The number of nitrogen functional groups attached to an aromatic ring is 1. The van der Waals surface area contributed by atoms with Crippen molar-refractivity contribution in [1.82, 2.24) is 19.8 Å². The number of thioether (sulfide) groups is 1. The number of rotatable bonds is 7. The molecule has 0 unspecified atom stereocenters. The Labute approximate surface area is 168 Å². The number of carbonyl (C=O) groups excluding carboxylic acids is 1. The van der Waals surface area contributed by atoms with Gasteiger partial charge in [0.15, 0.2) is 5.82 Å². The molecule has 0 fully saturated rings. The molecule has 28 heavy (non-hydrogen) atoms. The van der Waals surface area contributed by atoms with E-state index < -0.39 is 0 Å². The molecule has 3 aromatic rings. The van der Waals surface area contributed by atoms with Crippen LogP contribution in [0, 0.1) is 6.92 Å². The molecule has 2 N–H and O–H groups in total. The summed E-state index contributed by atoms with van der Waals surface area (Å²) in [5.74, 6) is 7.52. The van der Waals surface area contributed by atoms with Crippen LogP contribution in [0.5, 0.6) is 5.75 Å². The Hall–Kier alpha value is -3.00. The average Bonchev–Trinajstić information content (AvgIpc) is 3.08. The van der Waals surface area contributed by atoms with Gasteiger partial charge in [0.25, 0.3) is 0 Å². The minimum atomic E-state index is -0.00454. The molecule has 0 radical (unpaired) electrons. The van der Waals surface area contributed by atoms with Crippen molar-refractivity contribution < 1.29 is 9.53 Å². The van der Waals surface area contributed by atoms with Gasteiger partial charge in [-0.05, 0) is 30.2 Å². The maximum atomic E-state index is 12.5. The Morgan fingerprint density at radius 1 is 1.18 bits per heavy atom. The smallest absolute Gasteiger partial charge is 0.233 e. The first kappa shape index (κ1) is 19.8. The number of aromatic nitrogens is 3. The molecule has 0 bridgehead atoms. The Morgan fingerprint density at radius 2 is 1.89 bits per heavy atom. The molecule has 0 aliphatic rings. The fourth-order valence-electron chi connectivity index (χ4n) is 2.76. The highest BCUT2D eigenvalue weighted by Crippen LogP contribution is 2.29. The lowest BCUT2D eigenvalue weighted by Gasteiger charge is -2.18. The zero-order valence-electron chi connectivity index (χ0n) is 16.1. The van der Waals surface area contributed by atoms with Gasteiger partial charge in [0, 0.05) is 13.6 Å². The number of methoxy groups -OCH3 is 1. The van der Waals surface area contributed by atoms with Gasteiger partial charge in [-0.25, -0.2) is 4.68 Å². The molecule has 0 atom stereocenters. The van der Waals surface area contributed by atoms with Crippen molar-refractivity contribution >= 4 is 17.7 Å². The number of hydrogen-bond acceptors (Lipinski definition) is 6. The van der Waals surface area contributed by atoms with Crippen molar-refractivity contribution in [2.75, 3.05) is 25.8 Å². The zero-order chi connectivity index (χ0) is 20.1. The molecule has 0 aliphatic heterocycles. The zero-order valence-corrected chi connectivity index (χ0v) is 16.9. The first-order valence-corrected chi connectivity index (χ1v) is 9.75. The summed E-state index contributed by atoms with van der Waals surface area (Å²) in [4.78, 5) is 14.2. The summed E-state index contributed by atoms with van der Waals surface area (Å²) in [7, 11) is 3.39. The minimum absolute atomic E-state index is 0.00454. The van der Waals surface area contributed by atoms with E-state index in [2.05, 4.69) is 10.2 Å². The number of nitrogens with zero attached hydrogens (tertiary/aromatic N) is 4. The van der Waals surface area contributed by atoms with Crippen LogP contribution >= 0.6 is 11.8 Å². The number of amides is 1. The largest absolute Gasteiger partial charge is 0.496 e. The number of aryl methyl sites for hydroxylation is 1. The number of hydrogen-bond donors (Lipinski definition) is 1. The second-order valence-corrected chi connectivity index (χ2v) is 7.28. The second kappa shape index (κ2) is 8.79. The molecular formula is C20H23N5O2S. The predicted octanol–water partition coefficient (Wildman–Crippen LogP) is 2.73. The highest BCUT2D eigenvalue weighted by molar-refractivity contribution is 7.99. The van der Waals surface area contributed by atoms with Crippen molar-refractivity contribution in [3.05, 3.63) is 59.7 Å². The summed E-state index contributed by atoms with van der Waals surface area (Å²) < 4.78 is 6.74. The van der Waals surface area contributed by atoms with Gasteiger partial charge in [0.1, 0.15) is 5.75 Å². The molecule has 8 heteroatoms. The molecule has 3 rings (SSSR count). The van der Waals surface area contributed by atoms with E-state index in [-0.39, 0.29) is 11.7 Å². The number of carbonyl (C=O) groups is 1. The summed E-state index contributed by atoms with van der Waals surface area (Å²) in [5, 5.41) is 8.75. The molecule has 0 saturated heterocycles. The SMILES string of the molecule is COc1ccccc1-c1nnc(SCC(=O)N(C)Cc2ccccc2C)n1N. The number of para-hydroxylation sites is 1. The minimum Gasteiger partial charge on any atom is -0.496 e. The number of nitrogens with two attached hydrogens (primary N) is 1. The summed E-state index contributed by atoms with van der Waals surface area (Å²) in [5.41, 5.74) is 3.04. The summed E-state index contributed by atoms with van der Waals surface area (Å²) in [6, 6.07) is 15.5. The van der Waals surface area contributed by atoms with Crippen molar-refractivity contribution in [2.24, 2.45) is 0 Å². The molecule has 1 aromatic heterocycles. The summed E-state index contributed by atoms with van der Waals surface area (Å²) in [6.45, 7) is 2.60. The molecule has 0 saturated carbocycles. The second-order valence-electron chi connectivity index (χ2n) is 6.34. The summed E-state index contributed by atoms with van der Waals surface area (Å²) >= 11 is 1.26. The highest BCUT2D eigenvalue weighted by atomic mass is 32.2. The summed E-state index contributed by atoms with van der Waals surface area (Å²) in [6.07, 6.45) is 0. The van der Waals surface area contributed by atoms with Crippen molar-refractivity contribution in [3.63, 3.8) is 0 Å². The van der Waals surface area contributed by atoms with Crippen LogP contribution in [0.4, 0.5) is 0 Å². The Morgan fingerprint density at radius 3 is 2.64 bits per heavy atom. The first-order valence-electron chi connectivity index (χ1n) is 8.76. The Balaban J connectivity index is 1.66. The molecule has 0 spiro atoms. The van der Waals surface area contributed by atoms with Crippen LogP contribution in [-0.2, 0) is 11.3 Å². The van der Waals surface area contributed by atoms with Crippen LogP contribution in [0.25, 0.3) is 11.4 Å². The third-order valence-electron chi connectivity index (χ3n) is 4.43. The molecule has 146 valence electrons. The maximum Gasteiger partial charge on any atom is 0.233 e. The van der Waals surface area contributed by atoms with E-state index in [1.807, 2.05) is 55.5 Å². The van der Waals surface area contributed by atoms with Gasteiger partial charge in [-0.1, -0.05) is 48.2 Å². The van der Waals surface area contributed by atoms with Crippen molar-refractivity contribution in [2.45, 2.75) is 18.6 Å². The average molecular weight is 398 g/mol. The quantitative estimate of drug-likeness (QED) is 0.487. The van der Waals surface area contributed by atoms with E-state index in [9.17, 15) is 4.79 Å². The molecule has 1 amide bonds. The van der Waals surface area contributed by atoms with Crippen LogP contribution < -0.4 is 10.6 Å². The van der Waals surface area contributed by atoms with Gasteiger partial charge in [0.05, 0.1) is 18.4 Å². The molecular weight excluding hydrogens is 374 g/mol. The van der Waals surface area contributed by atoms with E-state index in [1.165, 1.54) is 16.4 Å². The topological polar surface area (TPSA) is 86.3 Å². The molecule has 2 aromatic carbocycles. The van der Waals surface area contributed by atoms with Gasteiger partial charge in [-0.2, -0.15) is 0 Å². The van der Waals surface area contributed by atoms with E-state index in [0.29, 0.717) is 23.3 Å². The normalized spacial score (nSPS) is 10.7. The van der Waals surface area contributed by atoms with Crippen LogP contribution in [-0.4, -0.2) is 45.6 Å². The van der Waals surface area contributed by atoms with Gasteiger partial charge >= 0.3 is 0 Å². The van der Waals surface area contributed by atoms with Gasteiger partial charge < -0.3 is 15.5 Å². The van der Waals surface area contributed by atoms with Gasteiger partial charge in [-0.15, -0.1) is 10.2 Å². The fraction of sp³-hybridized carbons (Fsp3) is 0.250. The predicted molar refractivity (Wildman–Crippen MR) is 111 cm³/mol. The maximum absolute atomic E-state index is 12.5. The van der Waals surface area contributed by atoms with Gasteiger partial charge in [-0.3, -0.25) is 4.79 Å². The van der Waals surface area contributed by atoms with Crippen molar-refractivity contribution in [1.29, 1.82) is 0 Å². The molecule has 7 nitrogen and oxygen atoms in total. The first-order chi connectivity index (χ1) is 13.5. The third kappa shape index (κ3) is 4.28. The lowest BCUT2D eigenvalue weighted by Crippen LogP contribution is -2.28. The van der Waals surface area contributed by atoms with E-state index in [0.717, 1.165) is 16.7 Å². The Bertz CT molecular complexity index is 973. The molecule has 0 aliphatic carbocycles. The van der Waals surface area contributed by atoms with E-state index >= 15 is 0 Å². The van der Waals surface area contributed by atoms with E-state index in [1.54, 1.807) is 19.1 Å². The standard InChI is InChI=1S/C20H23N5O2S/c1-14-8-4-5-9-15(14)12-24(2)18(26)13-28-20-23-22-19(25(20)21)16-10-6-7-11-17(16)27-3/h4-11H,12-13,21H2,1-3H3. The highest BCUT2D eigenvalue weighted by Gasteiger charge is 2.18. The monoisotopic (exact) mass is 397 g/mol. The van der Waals surface area contributed by atoms with Crippen LogP contribution in [0.15, 0.2) is 53.7 Å². The van der Waals surface area contributed by atoms with Crippen LogP contribution in [0.1, 0.15) is 11.1 Å². The van der Waals surface area contributed by atoms with E-state index in [4.69, 9.17) is 10.6 Å². The lowest BCUT2D eigenvalue weighted by atomic mass is 10.1. The Kier molecular flexibility index (Phi) is 6.20. The lowest BCUT2D eigenvalue weighted by molar-refractivity contribution is -0.127. The fourth-order valence-corrected chi connectivity index (χ4v) is 3.55. The molecule has 1 heterocycles. The number of benzene rings is 2. The van der Waals surface area contributed by atoms with Crippen LogP contribution in [0.2, 0.25) is 0 Å².